The molecule has 1 heterocycles. The van der Waals surface area contributed by atoms with Gasteiger partial charge in [0.15, 0.2) is 24.1 Å². The fraction of sp³-hybridized carbons (Fsp3) is 0. The first-order chi connectivity index (χ1) is 6.85. The summed E-state index contributed by atoms with van der Waals surface area (Å²) in [6.07, 6.45) is 3.92. The molecule has 0 saturated heterocycles. The Balaban J connectivity index is 2.57. The largest absolute Gasteiger partial charge is 0.458 e. The van der Waals surface area contributed by atoms with Crippen molar-refractivity contribution >= 4 is 12.6 Å². The molecule has 0 N–H and O–H groups in total. The molecule has 0 amide bonds. The SMILES string of the molecule is O=Cc1cc2c(cc1C=O)OC=CO2. The van der Waals surface area contributed by atoms with E-state index in [0.29, 0.717) is 24.1 Å². The van der Waals surface area contributed by atoms with Gasteiger partial charge in [0.05, 0.1) is 0 Å². The molecule has 1 aromatic carbocycles. The zero-order valence-corrected chi connectivity index (χ0v) is 7.10. The molecule has 4 nitrogen and oxygen atoms in total. The topological polar surface area (TPSA) is 52.6 Å². The molecule has 0 fully saturated rings. The van der Waals surface area contributed by atoms with E-state index in [1.54, 1.807) is 0 Å². The van der Waals surface area contributed by atoms with E-state index in [-0.39, 0.29) is 11.1 Å². The summed E-state index contributed by atoms with van der Waals surface area (Å²) >= 11 is 0. The van der Waals surface area contributed by atoms with Gasteiger partial charge in [-0.25, -0.2) is 0 Å². The smallest absolute Gasteiger partial charge is 0.169 e. The number of carbonyl (C=O) groups is 2. The third-order valence-corrected chi connectivity index (χ3v) is 1.85. The van der Waals surface area contributed by atoms with Gasteiger partial charge < -0.3 is 9.47 Å². The maximum atomic E-state index is 10.6. The van der Waals surface area contributed by atoms with Crippen LogP contribution in [0.4, 0.5) is 0 Å². The minimum atomic E-state index is 0.289. The Bertz CT molecular complexity index is 381. The van der Waals surface area contributed by atoms with Crippen molar-refractivity contribution in [2.75, 3.05) is 0 Å². The minimum absolute atomic E-state index is 0.289. The van der Waals surface area contributed by atoms with Crippen LogP contribution in [0.3, 0.4) is 0 Å². The summed E-state index contributed by atoms with van der Waals surface area (Å²) < 4.78 is 10.2. The first-order valence-corrected chi connectivity index (χ1v) is 3.92. The highest BCUT2D eigenvalue weighted by Gasteiger charge is 2.12. The zero-order valence-electron chi connectivity index (χ0n) is 7.10. The number of aldehydes is 2. The van der Waals surface area contributed by atoms with E-state index < -0.39 is 0 Å². The van der Waals surface area contributed by atoms with Crippen molar-refractivity contribution in [1.82, 2.24) is 0 Å². The third-order valence-electron chi connectivity index (χ3n) is 1.85. The molecule has 1 aliphatic heterocycles. The Labute approximate surface area is 79.7 Å². The van der Waals surface area contributed by atoms with Crippen LogP contribution in [-0.4, -0.2) is 12.6 Å². The molecule has 1 aliphatic rings. The number of benzene rings is 1. The molecule has 0 radical (unpaired) electrons. The van der Waals surface area contributed by atoms with E-state index in [4.69, 9.17) is 9.47 Å². The zero-order chi connectivity index (χ0) is 9.97. The summed E-state index contributed by atoms with van der Waals surface area (Å²) in [6.45, 7) is 0. The van der Waals surface area contributed by atoms with Gasteiger partial charge in [-0.1, -0.05) is 0 Å². The number of carbonyl (C=O) groups excluding carboxylic acids is 2. The van der Waals surface area contributed by atoms with E-state index in [2.05, 4.69) is 0 Å². The molecule has 0 atom stereocenters. The second-order valence-corrected chi connectivity index (χ2v) is 2.67. The molecule has 14 heavy (non-hydrogen) atoms. The summed E-state index contributed by atoms with van der Waals surface area (Å²) in [5.41, 5.74) is 0.579. The van der Waals surface area contributed by atoms with Crippen LogP contribution in [0.2, 0.25) is 0 Å². The first-order valence-electron chi connectivity index (χ1n) is 3.92. The fourth-order valence-electron chi connectivity index (χ4n) is 1.18. The van der Waals surface area contributed by atoms with Crippen LogP contribution in [0.25, 0.3) is 0 Å². The molecule has 70 valence electrons. The van der Waals surface area contributed by atoms with Gasteiger partial charge >= 0.3 is 0 Å². The predicted molar refractivity (Wildman–Crippen MR) is 47.6 cm³/mol. The Kier molecular flexibility index (Phi) is 2.02. The number of rotatable bonds is 2. The molecule has 0 aliphatic carbocycles. The van der Waals surface area contributed by atoms with Gasteiger partial charge in [0.1, 0.15) is 12.5 Å². The summed E-state index contributed by atoms with van der Waals surface area (Å²) in [5, 5.41) is 0. The highest BCUT2D eigenvalue weighted by molar-refractivity contribution is 5.91. The monoisotopic (exact) mass is 190 g/mol. The molecule has 0 aromatic heterocycles. The highest BCUT2D eigenvalue weighted by atomic mass is 16.5. The molecule has 0 saturated carbocycles. The lowest BCUT2D eigenvalue weighted by Crippen LogP contribution is -2.00. The van der Waals surface area contributed by atoms with Gasteiger partial charge in [-0.3, -0.25) is 9.59 Å². The summed E-state index contributed by atoms with van der Waals surface area (Å²) in [7, 11) is 0. The number of hydrogen-bond acceptors (Lipinski definition) is 4. The molecular weight excluding hydrogens is 184 g/mol. The van der Waals surface area contributed by atoms with E-state index >= 15 is 0 Å². The minimum Gasteiger partial charge on any atom is -0.458 e. The van der Waals surface area contributed by atoms with Crippen molar-refractivity contribution in [3.8, 4) is 11.5 Å². The maximum Gasteiger partial charge on any atom is 0.169 e. The van der Waals surface area contributed by atoms with Gasteiger partial charge in [0.2, 0.25) is 0 Å². The van der Waals surface area contributed by atoms with Crippen molar-refractivity contribution in [2.24, 2.45) is 0 Å². The second kappa shape index (κ2) is 3.33. The molecule has 0 unspecified atom stereocenters. The quantitative estimate of drug-likeness (QED) is 0.664. The van der Waals surface area contributed by atoms with E-state index in [0.717, 1.165) is 0 Å². The molecular formula is C10H6O4. The number of fused-ring (bicyclic) bond motifs is 1. The van der Waals surface area contributed by atoms with E-state index in [1.165, 1.54) is 24.7 Å². The molecule has 0 spiro atoms. The van der Waals surface area contributed by atoms with Crippen LogP contribution in [0.1, 0.15) is 20.7 Å². The number of hydrogen-bond donors (Lipinski definition) is 0. The lowest BCUT2D eigenvalue weighted by Gasteiger charge is -2.13. The normalized spacial score (nSPS) is 12.3. The molecule has 1 aromatic rings. The summed E-state index contributed by atoms with van der Waals surface area (Å²) in [6, 6.07) is 2.94. The lowest BCUT2D eigenvalue weighted by atomic mass is 10.1. The van der Waals surface area contributed by atoms with Gasteiger partial charge in [-0.05, 0) is 12.1 Å². The Morgan fingerprint density at radius 3 is 1.64 bits per heavy atom. The average molecular weight is 190 g/mol. The van der Waals surface area contributed by atoms with Crippen molar-refractivity contribution in [2.45, 2.75) is 0 Å². The van der Waals surface area contributed by atoms with Crippen molar-refractivity contribution in [3.63, 3.8) is 0 Å². The van der Waals surface area contributed by atoms with E-state index in [9.17, 15) is 9.59 Å². The average Bonchev–Trinajstić information content (AvgIpc) is 2.27. The van der Waals surface area contributed by atoms with Crippen LogP contribution in [0.15, 0.2) is 24.7 Å². The number of ether oxygens (including phenoxy) is 2. The second-order valence-electron chi connectivity index (χ2n) is 2.67. The van der Waals surface area contributed by atoms with Gasteiger partial charge in [0, 0.05) is 11.1 Å². The Morgan fingerprint density at radius 2 is 1.29 bits per heavy atom. The van der Waals surface area contributed by atoms with Crippen LogP contribution in [0.5, 0.6) is 11.5 Å². The van der Waals surface area contributed by atoms with Crippen LogP contribution in [0, 0.1) is 0 Å². The molecule has 2 rings (SSSR count). The molecule has 0 bridgehead atoms. The maximum absolute atomic E-state index is 10.6. The third kappa shape index (κ3) is 1.26. The van der Waals surface area contributed by atoms with Crippen LogP contribution < -0.4 is 9.47 Å². The van der Waals surface area contributed by atoms with Gasteiger partial charge in [0.25, 0.3) is 0 Å². The van der Waals surface area contributed by atoms with Gasteiger partial charge in [-0.2, -0.15) is 0 Å². The standard InChI is InChI=1S/C10H6O4/c11-5-7-3-9-10(4-8(7)6-12)14-2-1-13-9/h1-6H. The molecule has 4 heteroatoms. The van der Waals surface area contributed by atoms with E-state index in [1.807, 2.05) is 0 Å². The summed E-state index contributed by atoms with van der Waals surface area (Å²) in [5.74, 6) is 0.861. The van der Waals surface area contributed by atoms with Gasteiger partial charge in [-0.15, -0.1) is 0 Å². The fourth-order valence-corrected chi connectivity index (χ4v) is 1.18. The van der Waals surface area contributed by atoms with Crippen LogP contribution >= 0.6 is 0 Å². The highest BCUT2D eigenvalue weighted by Crippen LogP contribution is 2.32. The lowest BCUT2D eigenvalue weighted by molar-refractivity contribution is 0.109. The van der Waals surface area contributed by atoms with Crippen molar-refractivity contribution in [3.05, 3.63) is 35.8 Å². The Hall–Kier alpha value is -2.10. The predicted octanol–water partition coefficient (Wildman–Crippen LogP) is 1.55. The van der Waals surface area contributed by atoms with Crippen molar-refractivity contribution < 1.29 is 19.1 Å². The van der Waals surface area contributed by atoms with Crippen molar-refractivity contribution in [1.29, 1.82) is 0 Å². The van der Waals surface area contributed by atoms with Crippen LogP contribution in [-0.2, 0) is 0 Å². The first kappa shape index (κ1) is 8.50. The Morgan fingerprint density at radius 1 is 0.857 bits per heavy atom. The summed E-state index contributed by atoms with van der Waals surface area (Å²) in [4.78, 5) is 21.2.